The van der Waals surface area contributed by atoms with E-state index in [1.807, 2.05) is 26.8 Å². The van der Waals surface area contributed by atoms with Gasteiger partial charge in [0.15, 0.2) is 0 Å². The molecule has 9 heteroatoms. The maximum atomic E-state index is 13.1. The fraction of sp³-hybridized carbons (Fsp3) is 0.462. The summed E-state index contributed by atoms with van der Waals surface area (Å²) in [6.45, 7) is 7.75. The Labute approximate surface area is 213 Å². The van der Waals surface area contributed by atoms with E-state index in [-0.39, 0.29) is 12.0 Å². The van der Waals surface area contributed by atoms with E-state index in [0.717, 1.165) is 66.8 Å². The fourth-order valence-electron chi connectivity index (χ4n) is 4.73. The number of amides is 2. The molecule has 5 rings (SSSR count). The Morgan fingerprint density at radius 2 is 1.94 bits per heavy atom. The average molecular weight is 514 g/mol. The summed E-state index contributed by atoms with van der Waals surface area (Å²) in [5.41, 5.74) is 4.43. The number of nitrogens with one attached hydrogen (secondary N) is 3. The van der Waals surface area contributed by atoms with E-state index in [2.05, 4.69) is 16.0 Å². The number of thiophene rings is 2. The molecule has 0 saturated carbocycles. The van der Waals surface area contributed by atoms with Crippen molar-refractivity contribution in [3.63, 3.8) is 0 Å². The summed E-state index contributed by atoms with van der Waals surface area (Å²) in [7, 11) is 0. The molecule has 0 unspecified atom stereocenters. The molecule has 0 fully saturated rings. The van der Waals surface area contributed by atoms with E-state index in [1.54, 1.807) is 23.9 Å². The zero-order chi connectivity index (χ0) is 24.6. The minimum absolute atomic E-state index is 0.319. The predicted molar refractivity (Wildman–Crippen MR) is 139 cm³/mol. The second-order valence-electron chi connectivity index (χ2n) is 9.97. The molecule has 4 heterocycles. The van der Waals surface area contributed by atoms with Crippen LogP contribution in [-0.4, -0.2) is 24.1 Å². The lowest BCUT2D eigenvalue weighted by Gasteiger charge is -2.21. The van der Waals surface area contributed by atoms with Crippen LogP contribution in [0.4, 0.5) is 9.80 Å². The van der Waals surface area contributed by atoms with Gasteiger partial charge in [0.25, 0.3) is 0 Å². The van der Waals surface area contributed by atoms with Crippen molar-refractivity contribution in [1.82, 2.24) is 10.6 Å². The van der Waals surface area contributed by atoms with Gasteiger partial charge in [-0.1, -0.05) is 0 Å². The SMILES string of the molecule is CC(C)(C)OC(=O)c1c(NC(=O)NCc2c(-c3ccoc3)sc3c2CCNC3)sc2c1CCCC2. The standard InChI is InChI=1S/C26H31N3O4S2/c1-26(2,3)33-24(30)21-17-6-4-5-7-19(17)35-23(21)29-25(31)28-12-18-16-8-10-27-13-20(16)34-22(18)15-9-11-32-14-15/h9,11,14,27H,4-8,10,12-13H2,1-3H3,(H2,28,29,31). The van der Waals surface area contributed by atoms with Gasteiger partial charge in [-0.2, -0.15) is 0 Å². The van der Waals surface area contributed by atoms with Crippen molar-refractivity contribution >= 4 is 39.7 Å². The number of carbonyl (C=O) groups is 2. The number of aryl methyl sites for hydroxylation is 1. The molecule has 35 heavy (non-hydrogen) atoms. The maximum absolute atomic E-state index is 13.1. The van der Waals surface area contributed by atoms with Crippen LogP contribution in [0.5, 0.6) is 0 Å². The van der Waals surface area contributed by atoms with E-state index in [0.29, 0.717) is 17.1 Å². The van der Waals surface area contributed by atoms with Crippen LogP contribution in [-0.2, 0) is 37.1 Å². The van der Waals surface area contributed by atoms with Crippen molar-refractivity contribution in [3.05, 3.63) is 50.6 Å². The summed E-state index contributed by atoms with van der Waals surface area (Å²) < 4.78 is 11.0. The highest BCUT2D eigenvalue weighted by Crippen LogP contribution is 2.40. The minimum Gasteiger partial charge on any atom is -0.472 e. The molecule has 3 aromatic rings. The third-order valence-corrected chi connectivity index (χ3v) is 8.78. The van der Waals surface area contributed by atoms with Crippen LogP contribution in [0.15, 0.2) is 23.0 Å². The van der Waals surface area contributed by atoms with E-state index >= 15 is 0 Å². The molecule has 1 aliphatic heterocycles. The van der Waals surface area contributed by atoms with Gasteiger partial charge in [0.05, 0.1) is 18.1 Å². The molecule has 0 saturated heterocycles. The first-order valence-corrected chi connectivity index (χ1v) is 13.7. The fourth-order valence-corrected chi connectivity index (χ4v) is 7.32. The molecule has 3 aromatic heterocycles. The number of fused-ring (bicyclic) bond motifs is 2. The predicted octanol–water partition coefficient (Wildman–Crippen LogP) is 5.87. The normalized spacial score (nSPS) is 15.3. The second kappa shape index (κ2) is 9.79. The topological polar surface area (TPSA) is 92.6 Å². The number of rotatable bonds is 5. The van der Waals surface area contributed by atoms with Gasteiger partial charge in [-0.05, 0) is 82.2 Å². The summed E-state index contributed by atoms with van der Waals surface area (Å²) >= 11 is 3.25. The monoisotopic (exact) mass is 513 g/mol. The van der Waals surface area contributed by atoms with E-state index in [9.17, 15) is 9.59 Å². The number of ether oxygens (including phenoxy) is 1. The molecule has 0 spiro atoms. The van der Waals surface area contributed by atoms with Crippen LogP contribution >= 0.6 is 22.7 Å². The molecule has 2 aliphatic rings. The number of hydrogen-bond acceptors (Lipinski definition) is 7. The molecular weight excluding hydrogens is 482 g/mol. The van der Waals surface area contributed by atoms with Crippen molar-refractivity contribution < 1.29 is 18.7 Å². The molecular formula is C26H31N3O4S2. The van der Waals surface area contributed by atoms with Crippen LogP contribution in [0.25, 0.3) is 10.4 Å². The highest BCUT2D eigenvalue weighted by Gasteiger charge is 2.30. The first-order chi connectivity index (χ1) is 16.8. The van der Waals surface area contributed by atoms with Crippen molar-refractivity contribution in [2.24, 2.45) is 0 Å². The third-order valence-electron chi connectivity index (χ3n) is 6.25. The smallest absolute Gasteiger partial charge is 0.341 e. The zero-order valence-corrected chi connectivity index (χ0v) is 22.0. The average Bonchev–Trinajstić information content (AvgIpc) is 3.53. The molecule has 0 bridgehead atoms. The van der Waals surface area contributed by atoms with Gasteiger partial charge in [0.2, 0.25) is 0 Å². The van der Waals surface area contributed by atoms with Crippen LogP contribution in [0, 0.1) is 0 Å². The van der Waals surface area contributed by atoms with Gasteiger partial charge in [0.1, 0.15) is 10.6 Å². The lowest BCUT2D eigenvalue weighted by molar-refractivity contribution is 0.00699. The van der Waals surface area contributed by atoms with E-state index in [1.165, 1.54) is 26.7 Å². The Morgan fingerprint density at radius 3 is 2.71 bits per heavy atom. The lowest BCUT2D eigenvalue weighted by atomic mass is 9.95. The number of furan rings is 1. The molecule has 1 aliphatic carbocycles. The maximum Gasteiger partial charge on any atom is 0.341 e. The zero-order valence-electron chi connectivity index (χ0n) is 20.3. The van der Waals surface area contributed by atoms with Gasteiger partial charge < -0.3 is 19.8 Å². The Morgan fingerprint density at radius 1 is 1.11 bits per heavy atom. The number of esters is 1. The van der Waals surface area contributed by atoms with Crippen molar-refractivity contribution in [3.8, 4) is 10.4 Å². The van der Waals surface area contributed by atoms with E-state index < -0.39 is 5.60 Å². The van der Waals surface area contributed by atoms with Crippen LogP contribution in [0.1, 0.15) is 70.4 Å². The highest BCUT2D eigenvalue weighted by molar-refractivity contribution is 7.17. The minimum atomic E-state index is -0.601. The number of hydrogen-bond donors (Lipinski definition) is 3. The lowest BCUT2D eigenvalue weighted by Crippen LogP contribution is -2.30. The molecule has 0 radical (unpaired) electrons. The summed E-state index contributed by atoms with van der Waals surface area (Å²) in [6.07, 6.45) is 8.27. The molecule has 0 atom stereocenters. The Kier molecular flexibility index (Phi) is 6.74. The summed E-state index contributed by atoms with van der Waals surface area (Å²) in [6, 6.07) is 1.64. The molecule has 186 valence electrons. The van der Waals surface area contributed by atoms with Crippen molar-refractivity contribution in [1.29, 1.82) is 0 Å². The Hall–Kier alpha value is -2.62. The summed E-state index contributed by atoms with van der Waals surface area (Å²) in [5.74, 6) is -0.367. The summed E-state index contributed by atoms with van der Waals surface area (Å²) in [4.78, 5) is 29.7. The van der Waals surface area contributed by atoms with E-state index in [4.69, 9.17) is 9.15 Å². The number of urea groups is 1. The van der Waals surface area contributed by atoms with Crippen LogP contribution < -0.4 is 16.0 Å². The summed E-state index contributed by atoms with van der Waals surface area (Å²) in [5, 5.41) is 10.0. The Bertz CT molecular complexity index is 1230. The first kappa shape index (κ1) is 24.1. The van der Waals surface area contributed by atoms with Gasteiger partial charge >= 0.3 is 12.0 Å². The Balaban J connectivity index is 1.36. The number of anilines is 1. The van der Waals surface area contributed by atoms with Gasteiger partial charge in [-0.15, -0.1) is 22.7 Å². The number of carbonyl (C=O) groups excluding carboxylic acids is 2. The van der Waals surface area contributed by atoms with Crippen molar-refractivity contribution in [2.45, 2.75) is 71.6 Å². The highest BCUT2D eigenvalue weighted by atomic mass is 32.1. The van der Waals surface area contributed by atoms with Crippen LogP contribution in [0.3, 0.4) is 0 Å². The molecule has 3 N–H and O–H groups in total. The second-order valence-corrected chi connectivity index (χ2v) is 12.2. The van der Waals surface area contributed by atoms with Crippen molar-refractivity contribution in [2.75, 3.05) is 11.9 Å². The first-order valence-electron chi connectivity index (χ1n) is 12.1. The van der Waals surface area contributed by atoms with Gasteiger partial charge in [0, 0.05) is 33.3 Å². The van der Waals surface area contributed by atoms with Gasteiger partial charge in [-0.3, -0.25) is 5.32 Å². The quantitative estimate of drug-likeness (QED) is 0.371. The van der Waals surface area contributed by atoms with Gasteiger partial charge in [-0.25, -0.2) is 9.59 Å². The molecule has 7 nitrogen and oxygen atoms in total. The third kappa shape index (κ3) is 5.17. The molecule has 0 aromatic carbocycles. The van der Waals surface area contributed by atoms with Crippen LogP contribution in [0.2, 0.25) is 0 Å². The largest absolute Gasteiger partial charge is 0.472 e. The molecule has 2 amide bonds.